The molecular formula is C15H18FN3O3. The van der Waals surface area contributed by atoms with Crippen LogP contribution in [0.2, 0.25) is 0 Å². The van der Waals surface area contributed by atoms with Crippen molar-refractivity contribution in [2.24, 2.45) is 0 Å². The van der Waals surface area contributed by atoms with E-state index < -0.39 is 6.03 Å². The number of nitrogens with zero attached hydrogens (tertiary/aromatic N) is 3. The Morgan fingerprint density at radius 1 is 1.32 bits per heavy atom. The van der Waals surface area contributed by atoms with Gasteiger partial charge in [-0.1, -0.05) is 12.1 Å². The molecule has 1 heterocycles. The molecule has 0 bridgehead atoms. The lowest BCUT2D eigenvalue weighted by Gasteiger charge is -2.27. The molecular weight excluding hydrogens is 289 g/mol. The van der Waals surface area contributed by atoms with Gasteiger partial charge in [-0.05, 0) is 24.6 Å². The Balaban J connectivity index is 2.04. The number of carbonyl (C=O) groups excluding carboxylic acids is 3. The van der Waals surface area contributed by atoms with Gasteiger partial charge in [-0.2, -0.15) is 0 Å². The van der Waals surface area contributed by atoms with Crippen LogP contribution < -0.4 is 0 Å². The van der Waals surface area contributed by atoms with Crippen molar-refractivity contribution in [3.8, 4) is 0 Å². The van der Waals surface area contributed by atoms with Crippen LogP contribution in [-0.2, 0) is 9.59 Å². The Hall–Kier alpha value is -2.44. The Morgan fingerprint density at radius 2 is 1.91 bits per heavy atom. The van der Waals surface area contributed by atoms with Gasteiger partial charge in [-0.25, -0.2) is 9.18 Å². The van der Waals surface area contributed by atoms with Crippen molar-refractivity contribution in [1.82, 2.24) is 14.7 Å². The van der Waals surface area contributed by atoms with Gasteiger partial charge in [0.25, 0.3) is 5.91 Å². The average Bonchev–Trinajstić information content (AvgIpc) is 2.73. The fraction of sp³-hybridized carbons (Fsp3) is 0.400. The lowest BCUT2D eigenvalue weighted by Crippen LogP contribution is -2.42. The van der Waals surface area contributed by atoms with Crippen molar-refractivity contribution in [3.63, 3.8) is 0 Å². The van der Waals surface area contributed by atoms with E-state index in [2.05, 4.69) is 0 Å². The molecule has 118 valence electrons. The summed E-state index contributed by atoms with van der Waals surface area (Å²) in [6.45, 7) is 1.50. The summed E-state index contributed by atoms with van der Waals surface area (Å²) in [5.41, 5.74) is 0.772. The third-order valence-corrected chi connectivity index (χ3v) is 3.85. The maximum absolute atomic E-state index is 12.9. The number of imide groups is 1. The van der Waals surface area contributed by atoms with Gasteiger partial charge in [0.1, 0.15) is 18.9 Å². The van der Waals surface area contributed by atoms with Crippen LogP contribution in [0.15, 0.2) is 24.3 Å². The van der Waals surface area contributed by atoms with Crippen LogP contribution in [0.25, 0.3) is 0 Å². The fourth-order valence-corrected chi connectivity index (χ4v) is 2.25. The lowest BCUT2D eigenvalue weighted by atomic mass is 10.1. The standard InChI is InChI=1S/C15H18FN3O3/c1-10(11-4-6-12(16)7-5-11)18(3)13(20)9-19-14(21)8-17(2)15(19)22/h4-7,10H,8-9H2,1-3H3. The first-order valence-electron chi connectivity index (χ1n) is 6.88. The van der Waals surface area contributed by atoms with E-state index in [-0.39, 0.29) is 36.8 Å². The normalized spacial score (nSPS) is 16.2. The predicted octanol–water partition coefficient (Wildman–Crippen LogP) is 1.24. The highest BCUT2D eigenvalue weighted by molar-refractivity contribution is 6.04. The number of benzene rings is 1. The zero-order valence-corrected chi connectivity index (χ0v) is 12.7. The van der Waals surface area contributed by atoms with Gasteiger partial charge in [-0.15, -0.1) is 0 Å². The van der Waals surface area contributed by atoms with Crippen molar-refractivity contribution in [2.45, 2.75) is 13.0 Å². The molecule has 1 saturated heterocycles. The molecule has 1 unspecified atom stereocenters. The van der Waals surface area contributed by atoms with Crippen LogP contribution in [-0.4, -0.2) is 59.7 Å². The molecule has 4 amide bonds. The molecule has 1 atom stereocenters. The fourth-order valence-electron chi connectivity index (χ4n) is 2.25. The number of carbonyl (C=O) groups is 3. The molecule has 0 saturated carbocycles. The van der Waals surface area contributed by atoms with Crippen LogP contribution in [0.4, 0.5) is 9.18 Å². The van der Waals surface area contributed by atoms with Crippen molar-refractivity contribution in [1.29, 1.82) is 0 Å². The largest absolute Gasteiger partial charge is 0.337 e. The molecule has 0 aromatic heterocycles. The zero-order valence-electron chi connectivity index (χ0n) is 12.7. The molecule has 1 fully saturated rings. The van der Waals surface area contributed by atoms with Crippen molar-refractivity contribution in [2.75, 3.05) is 27.2 Å². The molecule has 0 N–H and O–H groups in total. The van der Waals surface area contributed by atoms with E-state index in [1.807, 2.05) is 0 Å². The van der Waals surface area contributed by atoms with E-state index in [0.29, 0.717) is 0 Å². The van der Waals surface area contributed by atoms with Crippen LogP contribution >= 0.6 is 0 Å². The van der Waals surface area contributed by atoms with Crippen LogP contribution in [0, 0.1) is 5.82 Å². The summed E-state index contributed by atoms with van der Waals surface area (Å²) in [6, 6.07) is 5.09. The first-order valence-corrected chi connectivity index (χ1v) is 6.88. The van der Waals surface area contributed by atoms with E-state index >= 15 is 0 Å². The summed E-state index contributed by atoms with van der Waals surface area (Å²) >= 11 is 0. The highest BCUT2D eigenvalue weighted by atomic mass is 19.1. The van der Waals surface area contributed by atoms with Crippen LogP contribution in [0.3, 0.4) is 0 Å². The molecule has 1 aromatic carbocycles. The van der Waals surface area contributed by atoms with Gasteiger partial charge < -0.3 is 9.80 Å². The molecule has 0 spiro atoms. The number of halogens is 1. The molecule has 6 nitrogen and oxygen atoms in total. The number of urea groups is 1. The third-order valence-electron chi connectivity index (χ3n) is 3.85. The second-order valence-corrected chi connectivity index (χ2v) is 5.35. The minimum absolute atomic E-state index is 0.0106. The first kappa shape index (κ1) is 15.9. The van der Waals surface area contributed by atoms with Crippen molar-refractivity contribution in [3.05, 3.63) is 35.6 Å². The van der Waals surface area contributed by atoms with Gasteiger partial charge in [0.15, 0.2) is 0 Å². The summed E-state index contributed by atoms with van der Waals surface area (Å²) in [5, 5.41) is 0. The molecule has 1 aliphatic rings. The van der Waals surface area contributed by atoms with E-state index in [1.54, 1.807) is 26.1 Å². The molecule has 22 heavy (non-hydrogen) atoms. The number of hydrogen-bond acceptors (Lipinski definition) is 3. The minimum Gasteiger partial charge on any atom is -0.337 e. The Bertz CT molecular complexity index is 603. The van der Waals surface area contributed by atoms with E-state index in [9.17, 15) is 18.8 Å². The monoisotopic (exact) mass is 307 g/mol. The van der Waals surface area contributed by atoms with E-state index in [0.717, 1.165) is 10.5 Å². The second kappa shape index (κ2) is 6.13. The van der Waals surface area contributed by atoms with Crippen LogP contribution in [0.5, 0.6) is 0 Å². The maximum atomic E-state index is 12.9. The topological polar surface area (TPSA) is 60.9 Å². The SMILES string of the molecule is CC(c1ccc(F)cc1)N(C)C(=O)CN1C(=O)CN(C)C1=O. The van der Waals surface area contributed by atoms with Gasteiger partial charge >= 0.3 is 6.03 Å². The van der Waals surface area contributed by atoms with Gasteiger partial charge in [0.05, 0.1) is 6.04 Å². The first-order chi connectivity index (χ1) is 10.3. The molecule has 0 aliphatic carbocycles. The minimum atomic E-state index is -0.471. The number of hydrogen-bond donors (Lipinski definition) is 0. The van der Waals surface area contributed by atoms with E-state index in [1.165, 1.54) is 29.0 Å². The summed E-state index contributed by atoms with van der Waals surface area (Å²) in [7, 11) is 3.10. The van der Waals surface area contributed by atoms with Gasteiger partial charge in [0, 0.05) is 14.1 Å². The maximum Gasteiger partial charge on any atom is 0.327 e. The quantitative estimate of drug-likeness (QED) is 0.786. The molecule has 2 rings (SSSR count). The molecule has 1 aliphatic heterocycles. The van der Waals surface area contributed by atoms with Crippen LogP contribution in [0.1, 0.15) is 18.5 Å². The predicted molar refractivity (Wildman–Crippen MR) is 77.3 cm³/mol. The summed E-state index contributed by atoms with van der Waals surface area (Å²) in [6.07, 6.45) is 0. The molecule has 7 heteroatoms. The number of amides is 4. The highest BCUT2D eigenvalue weighted by Gasteiger charge is 2.35. The Morgan fingerprint density at radius 3 is 2.41 bits per heavy atom. The number of rotatable bonds is 4. The summed E-state index contributed by atoms with van der Waals surface area (Å²) in [4.78, 5) is 39.4. The number of likely N-dealkylation sites (N-methyl/N-ethyl adjacent to an activating group) is 2. The van der Waals surface area contributed by atoms with Gasteiger partial charge in [-0.3, -0.25) is 14.5 Å². The third kappa shape index (κ3) is 3.08. The lowest BCUT2D eigenvalue weighted by molar-refractivity contribution is -0.137. The zero-order chi connectivity index (χ0) is 16.4. The smallest absolute Gasteiger partial charge is 0.327 e. The Kier molecular flexibility index (Phi) is 4.44. The van der Waals surface area contributed by atoms with Crippen molar-refractivity contribution < 1.29 is 18.8 Å². The highest BCUT2D eigenvalue weighted by Crippen LogP contribution is 2.19. The average molecular weight is 307 g/mol. The summed E-state index contributed by atoms with van der Waals surface area (Å²) in [5.74, 6) is -1.08. The second-order valence-electron chi connectivity index (χ2n) is 5.35. The van der Waals surface area contributed by atoms with E-state index in [4.69, 9.17) is 0 Å². The molecule has 0 radical (unpaired) electrons. The van der Waals surface area contributed by atoms with Crippen molar-refractivity contribution >= 4 is 17.8 Å². The summed E-state index contributed by atoms with van der Waals surface area (Å²) < 4.78 is 12.9. The molecule has 1 aromatic rings. The van der Waals surface area contributed by atoms with Gasteiger partial charge in [0.2, 0.25) is 5.91 Å². The Labute approximate surface area is 128 Å².